The zero-order chi connectivity index (χ0) is 8.97. The van der Waals surface area contributed by atoms with Crippen LogP contribution in [-0.4, -0.2) is 25.3 Å². The first-order valence-electron chi connectivity index (χ1n) is 3.82. The summed E-state index contributed by atoms with van der Waals surface area (Å²) in [7, 11) is 0. The summed E-state index contributed by atoms with van der Waals surface area (Å²) in [6, 6.07) is 0. The second-order valence-electron chi connectivity index (χ2n) is 2.58. The van der Waals surface area contributed by atoms with Gasteiger partial charge in [-0.1, -0.05) is 6.08 Å². The number of ether oxygens (including phenoxy) is 1. The van der Waals surface area contributed by atoms with E-state index in [1.807, 2.05) is 0 Å². The van der Waals surface area contributed by atoms with Crippen LogP contribution in [-0.2, 0) is 19.3 Å². The Morgan fingerprint density at radius 3 is 2.92 bits per heavy atom. The van der Waals surface area contributed by atoms with E-state index in [4.69, 9.17) is 4.74 Å². The van der Waals surface area contributed by atoms with Gasteiger partial charge < -0.3 is 4.74 Å². The maximum absolute atomic E-state index is 10.9. The number of allylic oxidation sites excluding steroid dienone is 1. The molecule has 12 heavy (non-hydrogen) atoms. The van der Waals surface area contributed by atoms with Crippen LogP contribution in [0.1, 0.15) is 13.8 Å². The van der Waals surface area contributed by atoms with Crippen molar-refractivity contribution in [3.05, 3.63) is 11.6 Å². The molecule has 68 valence electrons. The van der Waals surface area contributed by atoms with Gasteiger partial charge in [0.25, 0.3) is 0 Å². The molecule has 1 aliphatic heterocycles. The summed E-state index contributed by atoms with van der Waals surface area (Å²) in [5, 5.41) is 0. The molecular formula is C8H12O4. The maximum atomic E-state index is 10.9. The van der Waals surface area contributed by atoms with Crippen molar-refractivity contribution in [1.29, 1.82) is 0 Å². The minimum Gasteiger partial charge on any atom is -0.370 e. The van der Waals surface area contributed by atoms with Gasteiger partial charge in [0, 0.05) is 5.57 Å². The van der Waals surface area contributed by atoms with E-state index in [1.54, 1.807) is 19.9 Å². The molecule has 4 nitrogen and oxygen atoms in total. The first kappa shape index (κ1) is 9.22. The molecule has 0 N–H and O–H groups in total. The Kier molecular flexibility index (Phi) is 3.25. The molecule has 1 rings (SSSR count). The third-order valence-corrected chi connectivity index (χ3v) is 1.55. The highest BCUT2D eigenvalue weighted by Gasteiger charge is 2.23. The average Bonchev–Trinajstić information content (AvgIpc) is 2.86. The highest BCUT2D eigenvalue weighted by atomic mass is 17.2. The van der Waals surface area contributed by atoms with Gasteiger partial charge in [0.2, 0.25) is 0 Å². The van der Waals surface area contributed by atoms with Crippen LogP contribution < -0.4 is 0 Å². The Morgan fingerprint density at radius 1 is 1.75 bits per heavy atom. The van der Waals surface area contributed by atoms with Gasteiger partial charge in [0.05, 0.1) is 6.61 Å². The Labute approximate surface area is 71.0 Å². The smallest absolute Gasteiger partial charge is 0.368 e. The Hall–Kier alpha value is -0.870. The van der Waals surface area contributed by atoms with E-state index in [1.165, 1.54) is 0 Å². The minimum atomic E-state index is -0.446. The molecular weight excluding hydrogens is 160 g/mol. The van der Waals surface area contributed by atoms with Crippen molar-refractivity contribution in [2.24, 2.45) is 0 Å². The lowest BCUT2D eigenvalue weighted by Crippen LogP contribution is -2.09. The fourth-order valence-corrected chi connectivity index (χ4v) is 0.511. The van der Waals surface area contributed by atoms with E-state index < -0.39 is 5.97 Å². The summed E-state index contributed by atoms with van der Waals surface area (Å²) in [5.41, 5.74) is 0.534. The molecule has 0 spiro atoms. The molecule has 4 heteroatoms. The highest BCUT2D eigenvalue weighted by Crippen LogP contribution is 2.09. The van der Waals surface area contributed by atoms with E-state index in [-0.39, 0.29) is 6.10 Å². The topological polar surface area (TPSA) is 48.1 Å². The predicted molar refractivity (Wildman–Crippen MR) is 41.2 cm³/mol. The maximum Gasteiger partial charge on any atom is 0.368 e. The predicted octanol–water partition coefficient (Wildman–Crippen LogP) is 0.826. The van der Waals surface area contributed by atoms with Gasteiger partial charge in [-0.2, -0.15) is 4.89 Å². The quantitative estimate of drug-likeness (QED) is 0.273. The fraction of sp³-hybridized carbons (Fsp3) is 0.625. The molecule has 0 aromatic carbocycles. The summed E-state index contributed by atoms with van der Waals surface area (Å²) in [5.74, 6) is -0.446. The number of hydrogen-bond acceptors (Lipinski definition) is 4. The number of epoxide rings is 1. The number of carbonyl (C=O) groups excluding carboxylic acids is 1. The zero-order valence-electron chi connectivity index (χ0n) is 7.20. The fourth-order valence-electron chi connectivity index (χ4n) is 0.511. The van der Waals surface area contributed by atoms with Gasteiger partial charge in [0.1, 0.15) is 12.7 Å². The first-order chi connectivity index (χ1) is 5.74. The van der Waals surface area contributed by atoms with E-state index in [9.17, 15) is 4.79 Å². The van der Waals surface area contributed by atoms with Gasteiger partial charge in [-0.25, -0.2) is 4.79 Å². The van der Waals surface area contributed by atoms with Crippen LogP contribution in [0.2, 0.25) is 0 Å². The van der Waals surface area contributed by atoms with Crippen molar-refractivity contribution >= 4 is 5.97 Å². The molecule has 0 aromatic rings. The third kappa shape index (κ3) is 3.02. The van der Waals surface area contributed by atoms with Gasteiger partial charge in [0.15, 0.2) is 0 Å². The molecule has 1 heterocycles. The van der Waals surface area contributed by atoms with Gasteiger partial charge >= 0.3 is 5.97 Å². The van der Waals surface area contributed by atoms with Crippen LogP contribution in [0, 0.1) is 0 Å². The molecule has 0 bridgehead atoms. The first-order valence-corrected chi connectivity index (χ1v) is 3.82. The molecule has 0 amide bonds. The lowest BCUT2D eigenvalue weighted by molar-refractivity contribution is -0.269. The molecule has 0 saturated carbocycles. The van der Waals surface area contributed by atoms with Crippen molar-refractivity contribution in [2.75, 3.05) is 13.2 Å². The zero-order valence-corrected chi connectivity index (χ0v) is 7.20. The summed E-state index contributed by atoms with van der Waals surface area (Å²) < 4.78 is 4.85. The van der Waals surface area contributed by atoms with E-state index in [0.717, 1.165) is 0 Å². The molecule has 1 fully saturated rings. The largest absolute Gasteiger partial charge is 0.370 e. The lowest BCUT2D eigenvalue weighted by Gasteiger charge is -2.00. The number of hydrogen-bond donors (Lipinski definition) is 0. The van der Waals surface area contributed by atoms with E-state index >= 15 is 0 Å². The molecule has 0 radical (unpaired) electrons. The van der Waals surface area contributed by atoms with Crippen LogP contribution in [0.3, 0.4) is 0 Å². The van der Waals surface area contributed by atoms with Gasteiger partial charge in [-0.05, 0) is 13.8 Å². The summed E-state index contributed by atoms with van der Waals surface area (Å²) in [6.45, 7) is 4.45. The molecule has 0 aromatic heterocycles. The number of carbonyl (C=O) groups is 1. The summed E-state index contributed by atoms with van der Waals surface area (Å²) in [6.07, 6.45) is 1.78. The van der Waals surface area contributed by atoms with Crippen molar-refractivity contribution in [2.45, 2.75) is 20.0 Å². The standard InChI is InChI=1S/C8H12O4/c1-3-6(2)8(9)12-11-5-7-4-10-7/h3,7H,4-5H2,1-2H3. The Bertz CT molecular complexity index is 193. The van der Waals surface area contributed by atoms with Crippen LogP contribution >= 0.6 is 0 Å². The lowest BCUT2D eigenvalue weighted by atomic mass is 10.3. The van der Waals surface area contributed by atoms with Crippen molar-refractivity contribution in [3.63, 3.8) is 0 Å². The Morgan fingerprint density at radius 2 is 2.42 bits per heavy atom. The van der Waals surface area contributed by atoms with Crippen molar-refractivity contribution in [1.82, 2.24) is 0 Å². The van der Waals surface area contributed by atoms with E-state index in [0.29, 0.717) is 18.8 Å². The normalized spacial score (nSPS) is 22.2. The van der Waals surface area contributed by atoms with Crippen LogP contribution in [0.4, 0.5) is 0 Å². The molecule has 1 unspecified atom stereocenters. The molecule has 0 aliphatic carbocycles. The second-order valence-corrected chi connectivity index (χ2v) is 2.58. The van der Waals surface area contributed by atoms with Crippen LogP contribution in [0.15, 0.2) is 11.6 Å². The van der Waals surface area contributed by atoms with Crippen LogP contribution in [0.25, 0.3) is 0 Å². The molecule has 1 atom stereocenters. The van der Waals surface area contributed by atoms with Crippen molar-refractivity contribution in [3.8, 4) is 0 Å². The average molecular weight is 172 g/mol. The highest BCUT2D eigenvalue weighted by molar-refractivity contribution is 5.87. The van der Waals surface area contributed by atoms with Crippen molar-refractivity contribution < 1.29 is 19.3 Å². The summed E-state index contributed by atoms with van der Waals surface area (Å²) in [4.78, 5) is 20.0. The summed E-state index contributed by atoms with van der Waals surface area (Å²) >= 11 is 0. The SMILES string of the molecule is CC=C(C)C(=O)OOCC1CO1. The molecule has 1 saturated heterocycles. The van der Waals surface area contributed by atoms with Gasteiger partial charge in [-0.15, -0.1) is 0 Å². The molecule has 1 aliphatic rings. The number of rotatable bonds is 4. The monoisotopic (exact) mass is 172 g/mol. The second kappa shape index (κ2) is 4.23. The van der Waals surface area contributed by atoms with E-state index in [2.05, 4.69) is 9.78 Å². The minimum absolute atomic E-state index is 0.115. The Balaban J connectivity index is 2.08. The van der Waals surface area contributed by atoms with Gasteiger partial charge in [-0.3, -0.25) is 4.89 Å². The third-order valence-electron chi connectivity index (χ3n) is 1.55. The van der Waals surface area contributed by atoms with Crippen LogP contribution in [0.5, 0.6) is 0 Å².